The first-order chi connectivity index (χ1) is 31.6. The quantitative estimate of drug-likeness (QED) is 0.110. The third-order valence-corrected chi connectivity index (χ3v) is 11.1. The zero-order valence-electron chi connectivity index (χ0n) is 35.8. The topological polar surface area (TPSA) is 51.7 Å². The van der Waals surface area contributed by atoms with Gasteiger partial charge >= 0.3 is 0 Å². The van der Waals surface area contributed by atoms with Crippen molar-refractivity contribution in [2.75, 3.05) is 33.8 Å². The fourth-order valence-corrected chi connectivity index (χ4v) is 8.07. The van der Waals surface area contributed by atoms with Crippen molar-refractivity contribution >= 4 is 68.2 Å². The van der Waals surface area contributed by atoms with Crippen LogP contribution in [0.25, 0.3) is 0 Å². The van der Waals surface area contributed by atoms with Crippen molar-refractivity contribution in [1.82, 2.24) is 0 Å². The molecule has 0 saturated carbocycles. The highest BCUT2D eigenvalue weighted by molar-refractivity contribution is 5.85. The Morgan fingerprint density at radius 1 is 0.281 bits per heavy atom. The van der Waals surface area contributed by atoms with E-state index in [0.717, 1.165) is 85.3 Å². The second kappa shape index (κ2) is 19.2. The average molecular weight is 837 g/mol. The van der Waals surface area contributed by atoms with Crippen LogP contribution in [0.2, 0.25) is 0 Å². The van der Waals surface area contributed by atoms with E-state index in [-0.39, 0.29) is 6.61 Å². The number of aliphatic hydroxyl groups is 1. The third kappa shape index (κ3) is 8.88. The highest BCUT2D eigenvalue weighted by Gasteiger charge is 2.20. The molecule has 0 aliphatic carbocycles. The summed E-state index contributed by atoms with van der Waals surface area (Å²) in [5, 5.41) is 10.0. The molecule has 0 fully saturated rings. The van der Waals surface area contributed by atoms with E-state index in [9.17, 15) is 5.11 Å². The van der Waals surface area contributed by atoms with Gasteiger partial charge in [0.15, 0.2) is 0 Å². The SMILES string of the molecule is COc1cccc(N(c2ccccc2)c2ccc(N(c3ccc(N(c4ccccc4)c4cccc(CO)c4)cc3)c3ccc(N(c4ccccc4)c4cccc(OC)c4)cc3)cc2)c1. The maximum Gasteiger partial charge on any atom is 0.120 e. The average Bonchev–Trinajstić information content (AvgIpc) is 3.37. The Balaban J connectivity index is 1.14. The van der Waals surface area contributed by atoms with Crippen LogP contribution in [-0.4, -0.2) is 19.3 Å². The molecule has 0 heterocycles. The third-order valence-electron chi connectivity index (χ3n) is 11.1. The van der Waals surface area contributed by atoms with E-state index in [4.69, 9.17) is 9.47 Å². The molecule has 0 amide bonds. The normalized spacial score (nSPS) is 10.8. The molecule has 0 aromatic heterocycles. The minimum absolute atomic E-state index is 0.0345. The van der Waals surface area contributed by atoms with Crippen LogP contribution in [0.15, 0.2) is 237 Å². The molecule has 1 N–H and O–H groups in total. The summed E-state index contributed by atoms with van der Waals surface area (Å²) in [4.78, 5) is 8.97. The zero-order chi connectivity index (χ0) is 43.7. The van der Waals surface area contributed by atoms with Crippen molar-refractivity contribution in [2.24, 2.45) is 0 Å². The molecule has 9 rings (SSSR count). The molecule has 7 heteroatoms. The van der Waals surface area contributed by atoms with Crippen molar-refractivity contribution in [3.63, 3.8) is 0 Å². The van der Waals surface area contributed by atoms with Gasteiger partial charge in [-0.3, -0.25) is 0 Å². The van der Waals surface area contributed by atoms with Crippen molar-refractivity contribution in [3.05, 3.63) is 242 Å². The van der Waals surface area contributed by atoms with E-state index in [0.29, 0.717) is 0 Å². The maximum absolute atomic E-state index is 10.0. The summed E-state index contributed by atoms with van der Waals surface area (Å²) >= 11 is 0. The number of para-hydroxylation sites is 3. The first-order valence-electron chi connectivity index (χ1n) is 21.2. The lowest BCUT2D eigenvalue weighted by molar-refractivity contribution is 0.282. The van der Waals surface area contributed by atoms with Crippen molar-refractivity contribution in [2.45, 2.75) is 6.61 Å². The van der Waals surface area contributed by atoms with Gasteiger partial charge in [0, 0.05) is 80.4 Å². The summed E-state index contributed by atoms with van der Waals surface area (Å²) < 4.78 is 11.3. The highest BCUT2D eigenvalue weighted by Crippen LogP contribution is 2.43. The molecule has 0 aliphatic rings. The molecule has 64 heavy (non-hydrogen) atoms. The number of rotatable bonds is 15. The van der Waals surface area contributed by atoms with E-state index >= 15 is 0 Å². The van der Waals surface area contributed by atoms with Gasteiger partial charge in [0.05, 0.1) is 20.8 Å². The van der Waals surface area contributed by atoms with E-state index < -0.39 is 0 Å². The molecule has 0 spiro atoms. The van der Waals surface area contributed by atoms with Crippen LogP contribution in [0.1, 0.15) is 5.56 Å². The van der Waals surface area contributed by atoms with Crippen LogP contribution in [0.5, 0.6) is 11.5 Å². The van der Waals surface area contributed by atoms with Crippen LogP contribution >= 0.6 is 0 Å². The minimum atomic E-state index is -0.0345. The Morgan fingerprint density at radius 2 is 0.531 bits per heavy atom. The molecule has 0 radical (unpaired) electrons. The second-order valence-corrected chi connectivity index (χ2v) is 15.1. The molecular weight excluding hydrogens is 789 g/mol. The number of benzene rings is 9. The van der Waals surface area contributed by atoms with Crippen molar-refractivity contribution in [1.29, 1.82) is 0 Å². The van der Waals surface area contributed by atoms with Crippen LogP contribution in [-0.2, 0) is 6.61 Å². The molecule has 7 nitrogen and oxygen atoms in total. The molecule has 314 valence electrons. The molecule has 0 aliphatic heterocycles. The summed E-state index contributed by atoms with van der Waals surface area (Å²) in [6, 6.07) is 81.4. The Hall–Kier alpha value is -8.26. The number of hydrogen-bond donors (Lipinski definition) is 1. The number of methoxy groups -OCH3 is 2. The lowest BCUT2D eigenvalue weighted by Gasteiger charge is -2.30. The fraction of sp³-hybridized carbons (Fsp3) is 0.0526. The Labute approximate surface area is 375 Å². The van der Waals surface area contributed by atoms with Crippen LogP contribution in [0, 0.1) is 0 Å². The van der Waals surface area contributed by atoms with Gasteiger partial charge in [0.1, 0.15) is 11.5 Å². The van der Waals surface area contributed by atoms with Crippen LogP contribution in [0.4, 0.5) is 68.2 Å². The summed E-state index contributed by atoms with van der Waals surface area (Å²) in [5.74, 6) is 1.58. The van der Waals surface area contributed by atoms with Crippen LogP contribution < -0.4 is 29.1 Å². The first kappa shape index (κ1) is 41.1. The fourth-order valence-electron chi connectivity index (χ4n) is 8.07. The molecule has 0 saturated heterocycles. The number of ether oxygens (including phenoxy) is 2. The second-order valence-electron chi connectivity index (χ2n) is 15.1. The minimum Gasteiger partial charge on any atom is -0.497 e. The van der Waals surface area contributed by atoms with Gasteiger partial charge in [-0.25, -0.2) is 0 Å². The summed E-state index contributed by atoms with van der Waals surface area (Å²) in [5.41, 5.74) is 12.9. The monoisotopic (exact) mass is 836 g/mol. The molecular formula is C57H48N4O3. The number of anilines is 12. The molecule has 0 atom stereocenters. The summed E-state index contributed by atoms with van der Waals surface area (Å²) in [7, 11) is 3.39. The van der Waals surface area contributed by atoms with Crippen molar-refractivity contribution in [3.8, 4) is 11.5 Å². The van der Waals surface area contributed by atoms with E-state index in [2.05, 4.69) is 183 Å². The molecule has 9 aromatic rings. The number of hydrogen-bond acceptors (Lipinski definition) is 7. The highest BCUT2D eigenvalue weighted by atomic mass is 16.5. The smallest absolute Gasteiger partial charge is 0.120 e. The number of nitrogens with zero attached hydrogens (tertiary/aromatic N) is 4. The standard InChI is InChI=1S/C57H48N4O3/c1-63-56-25-13-23-54(40-56)60(45-18-8-4-9-19-45)51-35-29-48(30-36-51)58(47-27-33-50(34-28-47)59(44-16-6-3-7-17-44)53-22-12-15-43(39-53)42-62)49-31-37-52(38-32-49)61(46-20-10-5-11-21-46)55-24-14-26-57(41-55)64-2/h3-41,62H,42H2,1-2H3. The number of aliphatic hydroxyl groups excluding tert-OH is 1. The van der Waals surface area contributed by atoms with Gasteiger partial charge in [-0.1, -0.05) is 78.9 Å². The van der Waals surface area contributed by atoms with Gasteiger partial charge in [-0.05, 0) is 151 Å². The molecule has 0 unspecified atom stereocenters. The predicted octanol–water partition coefficient (Wildman–Crippen LogP) is 15.1. The largest absolute Gasteiger partial charge is 0.497 e. The summed E-state index contributed by atoms with van der Waals surface area (Å²) in [6.07, 6.45) is 0. The van der Waals surface area contributed by atoms with Crippen molar-refractivity contribution < 1.29 is 14.6 Å². The lowest BCUT2D eigenvalue weighted by atomic mass is 10.1. The van der Waals surface area contributed by atoms with E-state index in [1.54, 1.807) is 14.2 Å². The van der Waals surface area contributed by atoms with Gasteiger partial charge in [-0.2, -0.15) is 0 Å². The zero-order valence-corrected chi connectivity index (χ0v) is 35.8. The van der Waals surface area contributed by atoms with E-state index in [1.807, 2.05) is 72.8 Å². The van der Waals surface area contributed by atoms with Gasteiger partial charge < -0.3 is 34.2 Å². The predicted molar refractivity (Wildman–Crippen MR) is 264 cm³/mol. The molecule has 0 bridgehead atoms. The maximum atomic E-state index is 10.0. The van der Waals surface area contributed by atoms with E-state index in [1.165, 1.54) is 0 Å². The summed E-state index contributed by atoms with van der Waals surface area (Å²) in [6.45, 7) is -0.0345. The van der Waals surface area contributed by atoms with Gasteiger partial charge in [0.25, 0.3) is 0 Å². The Kier molecular flexibility index (Phi) is 12.3. The lowest BCUT2D eigenvalue weighted by Crippen LogP contribution is -2.14. The molecule has 9 aromatic carbocycles. The Bertz CT molecular complexity index is 2570. The van der Waals surface area contributed by atoms with Crippen LogP contribution in [0.3, 0.4) is 0 Å². The van der Waals surface area contributed by atoms with Gasteiger partial charge in [-0.15, -0.1) is 0 Å². The first-order valence-corrected chi connectivity index (χ1v) is 21.2. The Morgan fingerprint density at radius 3 is 0.828 bits per heavy atom. The van der Waals surface area contributed by atoms with Gasteiger partial charge in [0.2, 0.25) is 0 Å².